The first-order valence-corrected chi connectivity index (χ1v) is 6.36. The minimum absolute atomic E-state index is 0.00463. The third kappa shape index (κ3) is 2.25. The highest BCUT2D eigenvalue weighted by Gasteiger charge is 2.33. The SMILES string of the molecule is COC1=C(C)CN(c2cc(C(C)(C)C)n(C)n2)C1=O. The number of hydrogen-bond donors (Lipinski definition) is 0. The summed E-state index contributed by atoms with van der Waals surface area (Å²) in [4.78, 5) is 13.9. The summed E-state index contributed by atoms with van der Waals surface area (Å²) in [6.07, 6.45) is 0. The van der Waals surface area contributed by atoms with Gasteiger partial charge in [0.15, 0.2) is 11.6 Å². The lowest BCUT2D eigenvalue weighted by Crippen LogP contribution is -2.27. The number of anilines is 1. The van der Waals surface area contributed by atoms with Gasteiger partial charge in [0.05, 0.1) is 13.7 Å². The summed E-state index contributed by atoms with van der Waals surface area (Å²) in [5, 5.41) is 4.45. The van der Waals surface area contributed by atoms with Crippen LogP contribution >= 0.6 is 0 Å². The summed E-state index contributed by atoms with van der Waals surface area (Å²) < 4.78 is 6.98. The standard InChI is InChI=1S/C14H21N3O2/c1-9-8-17(13(18)12(9)19-6)11-7-10(14(2,3)4)16(5)15-11/h7H,8H2,1-6H3. The van der Waals surface area contributed by atoms with E-state index >= 15 is 0 Å². The highest BCUT2D eigenvalue weighted by Crippen LogP contribution is 2.29. The predicted molar refractivity (Wildman–Crippen MR) is 74.0 cm³/mol. The number of amides is 1. The highest BCUT2D eigenvalue weighted by molar-refractivity contribution is 6.07. The van der Waals surface area contributed by atoms with E-state index in [4.69, 9.17) is 4.74 Å². The van der Waals surface area contributed by atoms with Crippen LogP contribution in [0.3, 0.4) is 0 Å². The van der Waals surface area contributed by atoms with Crippen molar-refractivity contribution in [1.82, 2.24) is 9.78 Å². The molecule has 104 valence electrons. The van der Waals surface area contributed by atoms with Gasteiger partial charge in [-0.15, -0.1) is 0 Å². The van der Waals surface area contributed by atoms with Gasteiger partial charge in [-0.3, -0.25) is 14.4 Å². The summed E-state index contributed by atoms with van der Waals surface area (Å²) in [7, 11) is 3.43. The number of aromatic nitrogens is 2. The lowest BCUT2D eigenvalue weighted by Gasteiger charge is -2.17. The van der Waals surface area contributed by atoms with Crippen molar-refractivity contribution in [2.24, 2.45) is 7.05 Å². The molecule has 1 aliphatic heterocycles. The van der Waals surface area contributed by atoms with E-state index in [9.17, 15) is 4.79 Å². The molecule has 0 fully saturated rings. The molecule has 5 heteroatoms. The van der Waals surface area contributed by atoms with Crippen LogP contribution in [0.4, 0.5) is 5.82 Å². The highest BCUT2D eigenvalue weighted by atomic mass is 16.5. The van der Waals surface area contributed by atoms with E-state index in [2.05, 4.69) is 25.9 Å². The van der Waals surface area contributed by atoms with Crippen LogP contribution in [0.1, 0.15) is 33.4 Å². The van der Waals surface area contributed by atoms with Gasteiger partial charge in [0.25, 0.3) is 5.91 Å². The second-order valence-electron chi connectivity index (χ2n) is 5.97. The van der Waals surface area contributed by atoms with Crippen LogP contribution in [-0.2, 0) is 22.0 Å². The van der Waals surface area contributed by atoms with Crippen molar-refractivity contribution in [3.05, 3.63) is 23.1 Å². The number of ether oxygens (including phenoxy) is 1. The summed E-state index contributed by atoms with van der Waals surface area (Å²) in [5.74, 6) is 1.00. The molecular weight excluding hydrogens is 242 g/mol. The van der Waals surface area contributed by atoms with Gasteiger partial charge in [0, 0.05) is 24.2 Å². The van der Waals surface area contributed by atoms with E-state index in [1.54, 1.807) is 4.90 Å². The molecule has 0 aromatic carbocycles. The Morgan fingerprint density at radius 1 is 1.37 bits per heavy atom. The second-order valence-corrected chi connectivity index (χ2v) is 5.97. The third-order valence-corrected chi connectivity index (χ3v) is 3.34. The average molecular weight is 263 g/mol. The van der Waals surface area contributed by atoms with Gasteiger partial charge in [-0.25, -0.2) is 0 Å². The Hall–Kier alpha value is -1.78. The fourth-order valence-corrected chi connectivity index (χ4v) is 2.42. The van der Waals surface area contributed by atoms with Crippen LogP contribution in [0.5, 0.6) is 0 Å². The van der Waals surface area contributed by atoms with Crippen LogP contribution < -0.4 is 4.90 Å². The Labute approximate surface area is 113 Å². The summed E-state index contributed by atoms with van der Waals surface area (Å²) >= 11 is 0. The van der Waals surface area contributed by atoms with Crippen molar-refractivity contribution in [2.75, 3.05) is 18.6 Å². The van der Waals surface area contributed by atoms with Gasteiger partial charge in [-0.05, 0) is 12.5 Å². The quantitative estimate of drug-likeness (QED) is 0.819. The zero-order chi connectivity index (χ0) is 14.4. The molecule has 0 radical (unpaired) electrons. The molecule has 1 aromatic heterocycles. The van der Waals surface area contributed by atoms with Gasteiger partial charge in [0.2, 0.25) is 0 Å². The third-order valence-electron chi connectivity index (χ3n) is 3.34. The summed E-state index contributed by atoms with van der Waals surface area (Å²) in [6.45, 7) is 8.84. The number of rotatable bonds is 2. The average Bonchev–Trinajstić information content (AvgIpc) is 2.79. The van der Waals surface area contributed by atoms with Crippen molar-refractivity contribution in [2.45, 2.75) is 33.1 Å². The van der Waals surface area contributed by atoms with Gasteiger partial charge >= 0.3 is 0 Å². The molecule has 0 N–H and O–H groups in total. The molecule has 0 saturated heterocycles. The fraction of sp³-hybridized carbons (Fsp3) is 0.571. The molecule has 19 heavy (non-hydrogen) atoms. The predicted octanol–water partition coefficient (Wildman–Crippen LogP) is 1.98. The van der Waals surface area contributed by atoms with Gasteiger partial charge in [0.1, 0.15) is 0 Å². The van der Waals surface area contributed by atoms with Crippen molar-refractivity contribution in [1.29, 1.82) is 0 Å². The Kier molecular flexibility index (Phi) is 3.16. The van der Waals surface area contributed by atoms with Crippen molar-refractivity contribution < 1.29 is 9.53 Å². The molecular formula is C14H21N3O2. The lowest BCUT2D eigenvalue weighted by atomic mass is 9.92. The topological polar surface area (TPSA) is 47.4 Å². The number of carbonyl (C=O) groups excluding carboxylic acids is 1. The molecule has 1 aliphatic rings. The maximum atomic E-state index is 12.2. The van der Waals surface area contributed by atoms with E-state index in [-0.39, 0.29) is 11.3 Å². The number of nitrogens with zero attached hydrogens (tertiary/aromatic N) is 3. The minimum atomic E-state index is -0.112. The Morgan fingerprint density at radius 3 is 2.42 bits per heavy atom. The van der Waals surface area contributed by atoms with Crippen LogP contribution in [-0.4, -0.2) is 29.3 Å². The van der Waals surface area contributed by atoms with Crippen LogP contribution in [0.15, 0.2) is 17.4 Å². The minimum Gasteiger partial charge on any atom is -0.491 e. The molecule has 2 rings (SSSR count). The van der Waals surface area contributed by atoms with E-state index < -0.39 is 0 Å². The normalized spacial score (nSPS) is 16.5. The fourth-order valence-electron chi connectivity index (χ4n) is 2.42. The maximum absolute atomic E-state index is 12.2. The number of carbonyl (C=O) groups is 1. The van der Waals surface area contributed by atoms with Crippen LogP contribution in [0.2, 0.25) is 0 Å². The second kappa shape index (κ2) is 4.40. The Morgan fingerprint density at radius 2 is 2.00 bits per heavy atom. The van der Waals surface area contributed by atoms with E-state index in [0.29, 0.717) is 18.1 Å². The van der Waals surface area contributed by atoms with Crippen LogP contribution in [0, 0.1) is 0 Å². The molecule has 2 heterocycles. The molecule has 1 aromatic rings. The van der Waals surface area contributed by atoms with Crippen molar-refractivity contribution in [3.63, 3.8) is 0 Å². The Bertz CT molecular complexity index is 550. The summed E-state index contributed by atoms with van der Waals surface area (Å²) in [5.41, 5.74) is 2.03. The first-order valence-electron chi connectivity index (χ1n) is 6.36. The first kappa shape index (κ1) is 13.6. The van der Waals surface area contributed by atoms with Gasteiger partial charge in [-0.1, -0.05) is 20.8 Å². The van der Waals surface area contributed by atoms with E-state index in [1.165, 1.54) is 7.11 Å². The maximum Gasteiger partial charge on any atom is 0.294 e. The Balaban J connectivity index is 2.34. The molecule has 1 amide bonds. The monoisotopic (exact) mass is 263 g/mol. The molecule has 0 atom stereocenters. The van der Waals surface area contributed by atoms with E-state index in [0.717, 1.165) is 11.3 Å². The molecule has 0 bridgehead atoms. The zero-order valence-corrected chi connectivity index (χ0v) is 12.4. The smallest absolute Gasteiger partial charge is 0.294 e. The first-order chi connectivity index (χ1) is 8.75. The van der Waals surface area contributed by atoms with Crippen LogP contribution in [0.25, 0.3) is 0 Å². The number of aryl methyl sites for hydroxylation is 1. The van der Waals surface area contributed by atoms with Gasteiger partial charge in [-0.2, -0.15) is 5.10 Å². The molecule has 0 unspecified atom stereocenters. The molecule has 0 aliphatic carbocycles. The lowest BCUT2D eigenvalue weighted by molar-refractivity contribution is -0.117. The zero-order valence-electron chi connectivity index (χ0n) is 12.4. The largest absolute Gasteiger partial charge is 0.491 e. The van der Waals surface area contributed by atoms with E-state index in [1.807, 2.05) is 24.7 Å². The number of methoxy groups -OCH3 is 1. The van der Waals surface area contributed by atoms with Crippen molar-refractivity contribution >= 4 is 11.7 Å². The molecule has 0 spiro atoms. The molecule has 5 nitrogen and oxygen atoms in total. The molecule has 0 saturated carbocycles. The van der Waals surface area contributed by atoms with Crippen molar-refractivity contribution in [3.8, 4) is 0 Å². The number of hydrogen-bond acceptors (Lipinski definition) is 3. The summed E-state index contributed by atoms with van der Waals surface area (Å²) in [6, 6.07) is 1.98. The van der Waals surface area contributed by atoms with Gasteiger partial charge < -0.3 is 4.74 Å².